The van der Waals surface area contributed by atoms with Crippen LogP contribution in [0.5, 0.6) is 0 Å². The maximum absolute atomic E-state index is 11.7. The summed E-state index contributed by atoms with van der Waals surface area (Å²) in [6, 6.07) is 0. The zero-order chi connectivity index (χ0) is 12.8. The first-order valence-corrected chi connectivity index (χ1v) is 7.24. The van der Waals surface area contributed by atoms with E-state index >= 15 is 0 Å². The molecule has 100 valence electrons. The maximum atomic E-state index is 11.7. The van der Waals surface area contributed by atoms with Crippen molar-refractivity contribution < 1.29 is 9.53 Å². The monoisotopic (exact) mass is 240 g/mol. The second-order valence-electron chi connectivity index (χ2n) is 5.96. The molecule has 0 aromatic carbocycles. The third-order valence-corrected chi connectivity index (χ3v) is 3.98. The fourth-order valence-electron chi connectivity index (χ4n) is 2.80. The lowest BCUT2D eigenvalue weighted by Crippen LogP contribution is -2.35. The van der Waals surface area contributed by atoms with Gasteiger partial charge in [0.2, 0.25) is 0 Å². The lowest BCUT2D eigenvalue weighted by Gasteiger charge is -2.36. The SMILES string of the molecule is CCCCC(=O)OC1C[C@H](C)CCC1C(C)C. The zero-order valence-electron chi connectivity index (χ0n) is 11.9. The molecular weight excluding hydrogens is 212 g/mol. The molecule has 1 aliphatic rings. The van der Waals surface area contributed by atoms with Crippen LogP contribution in [0.3, 0.4) is 0 Å². The number of ether oxygens (including phenoxy) is 1. The molecule has 2 nitrogen and oxygen atoms in total. The Morgan fingerprint density at radius 2 is 2.06 bits per heavy atom. The van der Waals surface area contributed by atoms with Gasteiger partial charge in [-0.2, -0.15) is 0 Å². The molecule has 0 radical (unpaired) electrons. The average Bonchev–Trinajstić information content (AvgIpc) is 2.26. The van der Waals surface area contributed by atoms with Gasteiger partial charge in [-0.1, -0.05) is 40.5 Å². The third-order valence-electron chi connectivity index (χ3n) is 3.98. The fourth-order valence-corrected chi connectivity index (χ4v) is 2.80. The van der Waals surface area contributed by atoms with Crippen LogP contribution in [0.1, 0.15) is 66.2 Å². The molecule has 2 unspecified atom stereocenters. The average molecular weight is 240 g/mol. The van der Waals surface area contributed by atoms with Crippen LogP contribution < -0.4 is 0 Å². The Morgan fingerprint density at radius 1 is 1.35 bits per heavy atom. The highest BCUT2D eigenvalue weighted by Gasteiger charge is 2.33. The summed E-state index contributed by atoms with van der Waals surface area (Å²) in [6.45, 7) is 8.86. The molecule has 0 saturated heterocycles. The van der Waals surface area contributed by atoms with E-state index in [0.29, 0.717) is 24.2 Å². The van der Waals surface area contributed by atoms with Crippen molar-refractivity contribution in [1.29, 1.82) is 0 Å². The van der Waals surface area contributed by atoms with Gasteiger partial charge in [0.15, 0.2) is 0 Å². The summed E-state index contributed by atoms with van der Waals surface area (Å²) in [5.41, 5.74) is 0. The van der Waals surface area contributed by atoms with E-state index in [4.69, 9.17) is 4.74 Å². The number of carbonyl (C=O) groups is 1. The van der Waals surface area contributed by atoms with Crippen LogP contribution in [-0.2, 0) is 9.53 Å². The summed E-state index contributed by atoms with van der Waals surface area (Å²) in [5, 5.41) is 0. The predicted molar refractivity (Wildman–Crippen MR) is 70.7 cm³/mol. The van der Waals surface area contributed by atoms with Crippen molar-refractivity contribution in [2.24, 2.45) is 17.8 Å². The van der Waals surface area contributed by atoms with Gasteiger partial charge >= 0.3 is 5.97 Å². The highest BCUT2D eigenvalue weighted by molar-refractivity contribution is 5.69. The standard InChI is InChI=1S/C15H28O2/c1-5-6-7-15(16)17-14-10-12(4)8-9-13(14)11(2)3/h11-14H,5-10H2,1-4H3/t12-,13?,14?/m1/s1. The summed E-state index contributed by atoms with van der Waals surface area (Å²) in [7, 11) is 0. The number of rotatable bonds is 5. The van der Waals surface area contributed by atoms with E-state index < -0.39 is 0 Å². The Labute approximate surface area is 106 Å². The summed E-state index contributed by atoms with van der Waals surface area (Å²) in [5.74, 6) is 1.90. The Morgan fingerprint density at radius 3 is 2.65 bits per heavy atom. The zero-order valence-corrected chi connectivity index (χ0v) is 11.9. The molecule has 1 saturated carbocycles. The summed E-state index contributed by atoms with van der Waals surface area (Å²) in [6.07, 6.45) is 6.32. The summed E-state index contributed by atoms with van der Waals surface area (Å²) >= 11 is 0. The van der Waals surface area contributed by atoms with Crippen LogP contribution in [0, 0.1) is 17.8 Å². The lowest BCUT2D eigenvalue weighted by molar-refractivity contribution is -0.156. The first kappa shape index (κ1) is 14.5. The first-order chi connectivity index (χ1) is 8.04. The lowest BCUT2D eigenvalue weighted by atomic mass is 9.75. The minimum atomic E-state index is 0.0107. The molecule has 0 aromatic rings. The van der Waals surface area contributed by atoms with Gasteiger partial charge in [-0.05, 0) is 37.0 Å². The molecule has 2 heteroatoms. The fraction of sp³-hybridized carbons (Fsp3) is 0.933. The van der Waals surface area contributed by atoms with E-state index in [0.717, 1.165) is 19.3 Å². The normalized spacial score (nSPS) is 29.4. The number of hydrogen-bond donors (Lipinski definition) is 0. The molecular formula is C15H28O2. The van der Waals surface area contributed by atoms with Gasteiger partial charge in [-0.3, -0.25) is 4.79 Å². The molecule has 0 bridgehead atoms. The summed E-state index contributed by atoms with van der Waals surface area (Å²) < 4.78 is 5.70. The van der Waals surface area contributed by atoms with Crippen molar-refractivity contribution in [3.05, 3.63) is 0 Å². The predicted octanol–water partition coefficient (Wildman–Crippen LogP) is 4.18. The summed E-state index contributed by atoms with van der Waals surface area (Å²) in [4.78, 5) is 11.7. The number of carbonyl (C=O) groups excluding carboxylic acids is 1. The third kappa shape index (κ3) is 4.69. The topological polar surface area (TPSA) is 26.3 Å². The van der Waals surface area contributed by atoms with Crippen molar-refractivity contribution in [3.63, 3.8) is 0 Å². The van der Waals surface area contributed by atoms with E-state index in [-0.39, 0.29) is 12.1 Å². The van der Waals surface area contributed by atoms with Crippen LogP contribution in [0.4, 0.5) is 0 Å². The number of hydrogen-bond acceptors (Lipinski definition) is 2. The highest BCUT2D eigenvalue weighted by atomic mass is 16.5. The first-order valence-electron chi connectivity index (χ1n) is 7.24. The highest BCUT2D eigenvalue weighted by Crippen LogP contribution is 2.35. The smallest absolute Gasteiger partial charge is 0.306 e. The molecule has 0 aromatic heterocycles. The minimum absolute atomic E-state index is 0.0107. The van der Waals surface area contributed by atoms with Crippen molar-refractivity contribution in [2.45, 2.75) is 72.3 Å². The van der Waals surface area contributed by atoms with E-state index in [1.165, 1.54) is 12.8 Å². The number of esters is 1. The van der Waals surface area contributed by atoms with Gasteiger partial charge in [0.05, 0.1) is 0 Å². The molecule has 3 atom stereocenters. The van der Waals surface area contributed by atoms with Crippen LogP contribution in [0.2, 0.25) is 0 Å². The van der Waals surface area contributed by atoms with E-state index in [9.17, 15) is 4.79 Å². The molecule has 0 N–H and O–H groups in total. The molecule has 1 rings (SSSR count). The van der Waals surface area contributed by atoms with Gasteiger partial charge in [0.1, 0.15) is 6.10 Å². The van der Waals surface area contributed by atoms with Crippen LogP contribution >= 0.6 is 0 Å². The Balaban J connectivity index is 2.48. The van der Waals surface area contributed by atoms with Gasteiger partial charge < -0.3 is 4.74 Å². The van der Waals surface area contributed by atoms with Crippen molar-refractivity contribution in [2.75, 3.05) is 0 Å². The van der Waals surface area contributed by atoms with Gasteiger partial charge in [-0.25, -0.2) is 0 Å². The molecule has 17 heavy (non-hydrogen) atoms. The quantitative estimate of drug-likeness (QED) is 0.674. The molecule has 0 heterocycles. The van der Waals surface area contributed by atoms with Crippen molar-refractivity contribution >= 4 is 5.97 Å². The van der Waals surface area contributed by atoms with Crippen LogP contribution in [-0.4, -0.2) is 12.1 Å². The largest absolute Gasteiger partial charge is 0.462 e. The molecule has 0 amide bonds. The second kappa shape index (κ2) is 7.03. The second-order valence-corrected chi connectivity index (χ2v) is 5.96. The molecule has 1 aliphatic carbocycles. The van der Waals surface area contributed by atoms with Gasteiger partial charge in [0, 0.05) is 6.42 Å². The Hall–Kier alpha value is -0.530. The Kier molecular flexibility index (Phi) is 6.01. The van der Waals surface area contributed by atoms with Gasteiger partial charge in [0.25, 0.3) is 0 Å². The van der Waals surface area contributed by atoms with E-state index in [2.05, 4.69) is 27.7 Å². The van der Waals surface area contributed by atoms with Crippen molar-refractivity contribution in [1.82, 2.24) is 0 Å². The van der Waals surface area contributed by atoms with Crippen LogP contribution in [0.15, 0.2) is 0 Å². The number of unbranched alkanes of at least 4 members (excludes halogenated alkanes) is 1. The Bertz CT molecular complexity index is 235. The van der Waals surface area contributed by atoms with Crippen LogP contribution in [0.25, 0.3) is 0 Å². The maximum Gasteiger partial charge on any atom is 0.306 e. The van der Waals surface area contributed by atoms with E-state index in [1.807, 2.05) is 0 Å². The molecule has 0 spiro atoms. The van der Waals surface area contributed by atoms with Crippen molar-refractivity contribution in [3.8, 4) is 0 Å². The molecule has 1 fully saturated rings. The van der Waals surface area contributed by atoms with Gasteiger partial charge in [-0.15, -0.1) is 0 Å². The minimum Gasteiger partial charge on any atom is -0.462 e. The van der Waals surface area contributed by atoms with E-state index in [1.54, 1.807) is 0 Å². The molecule has 0 aliphatic heterocycles.